The molecule has 5 aliphatic rings. The molecule has 0 aromatic heterocycles. The highest BCUT2D eigenvalue weighted by atomic mass is 16.7. The first-order valence-electron chi connectivity index (χ1n) is 25.8. The van der Waals surface area contributed by atoms with Gasteiger partial charge < -0.3 is 136 Å². The molecule has 448 valence electrons. The van der Waals surface area contributed by atoms with Crippen molar-refractivity contribution < 1.29 is 140 Å². The van der Waals surface area contributed by atoms with Gasteiger partial charge in [-0.2, -0.15) is 0 Å². The van der Waals surface area contributed by atoms with Crippen LogP contribution in [0.2, 0.25) is 0 Å². The van der Waals surface area contributed by atoms with Crippen molar-refractivity contribution in [2.24, 2.45) is 28.1 Å². The highest BCUT2D eigenvalue weighted by molar-refractivity contribution is 5.77. The average Bonchev–Trinajstić information content (AvgIpc) is 3.59. The molecule has 0 aromatic carbocycles. The minimum atomic E-state index is -2.83. The van der Waals surface area contributed by atoms with Gasteiger partial charge in [-0.05, 0) is 86.5 Å². The van der Waals surface area contributed by atoms with Crippen LogP contribution in [-0.2, 0) is 33.2 Å². The molecule has 4 saturated carbocycles. The van der Waals surface area contributed by atoms with E-state index in [1.165, 1.54) is 0 Å². The minimum absolute atomic E-state index is 0.171. The fourth-order valence-corrected chi connectivity index (χ4v) is 12.5. The van der Waals surface area contributed by atoms with E-state index in [0.29, 0.717) is 44.1 Å². The van der Waals surface area contributed by atoms with E-state index in [1.807, 2.05) is 6.92 Å². The number of aliphatic hydroxyl groups is 21. The largest absolute Gasteiger partial charge is 0.506 e. The number of ether oxygens (including phenoxy) is 6. The van der Waals surface area contributed by atoms with Gasteiger partial charge in [-0.15, -0.1) is 0 Å². The third-order valence-electron chi connectivity index (χ3n) is 16.5. The topological polar surface area (TPSA) is 497 Å². The van der Waals surface area contributed by atoms with E-state index in [2.05, 4.69) is 6.58 Å². The van der Waals surface area contributed by atoms with Crippen molar-refractivity contribution in [3.05, 3.63) is 58.2 Å². The summed E-state index contributed by atoms with van der Waals surface area (Å²) >= 11 is 0. The number of aliphatic hydroxyl groups excluding tert-OH is 21. The summed E-state index contributed by atoms with van der Waals surface area (Å²) in [6, 6.07) is 0. The summed E-state index contributed by atoms with van der Waals surface area (Å²) in [5.41, 5.74) is -3.43. The van der Waals surface area contributed by atoms with Crippen LogP contribution in [0.4, 0.5) is 0 Å². The van der Waals surface area contributed by atoms with Crippen LogP contribution < -0.4 is 0 Å². The molecule has 0 aromatic rings. The maximum Gasteiger partial charge on any atom is 0.314 e. The monoisotopic (exact) mass is 1130 g/mol. The van der Waals surface area contributed by atoms with Crippen molar-refractivity contribution in [1.29, 1.82) is 0 Å². The van der Waals surface area contributed by atoms with Crippen molar-refractivity contribution in [2.45, 2.75) is 183 Å². The third-order valence-corrected chi connectivity index (χ3v) is 16.5. The zero-order valence-corrected chi connectivity index (χ0v) is 43.3. The predicted molar refractivity (Wildman–Crippen MR) is 259 cm³/mol. The fraction of sp³-hybridized carbons (Fsp3) is 0.780. The number of carbonyl (C=O) groups excluding carboxylic acids is 1. The first kappa shape index (κ1) is 64.7. The highest BCUT2D eigenvalue weighted by Gasteiger charge is 2.69. The quantitative estimate of drug-likeness (QED) is 0.0173. The van der Waals surface area contributed by atoms with Gasteiger partial charge in [0, 0.05) is 52.1 Å². The van der Waals surface area contributed by atoms with Crippen molar-refractivity contribution >= 4 is 5.97 Å². The minimum Gasteiger partial charge on any atom is -0.506 e. The van der Waals surface area contributed by atoms with E-state index in [1.54, 1.807) is 6.92 Å². The fourth-order valence-electron chi connectivity index (χ4n) is 12.5. The molecule has 78 heavy (non-hydrogen) atoms. The Morgan fingerprint density at radius 1 is 0.590 bits per heavy atom. The molecule has 4 aliphatic carbocycles. The van der Waals surface area contributed by atoms with Crippen molar-refractivity contribution in [3.8, 4) is 0 Å². The number of carbonyl (C=O) groups is 1. The second-order valence-electron chi connectivity index (χ2n) is 21.4. The van der Waals surface area contributed by atoms with Crippen LogP contribution in [0.15, 0.2) is 58.2 Å². The van der Waals surface area contributed by atoms with Gasteiger partial charge in [0.25, 0.3) is 18.9 Å². The maximum atomic E-state index is 14.8. The van der Waals surface area contributed by atoms with Gasteiger partial charge in [-0.25, -0.2) is 0 Å². The lowest BCUT2D eigenvalue weighted by atomic mass is 9.41. The van der Waals surface area contributed by atoms with E-state index in [4.69, 9.17) is 28.4 Å². The number of rotatable bonds is 27. The molecule has 28 nitrogen and oxygen atoms in total. The lowest BCUT2D eigenvalue weighted by molar-refractivity contribution is -0.295. The Hall–Kier alpha value is -4.15. The summed E-state index contributed by atoms with van der Waals surface area (Å²) in [7, 11) is 0. The van der Waals surface area contributed by atoms with Crippen LogP contribution in [-0.4, -0.2) is 232 Å². The lowest BCUT2D eigenvalue weighted by Crippen LogP contribution is -2.60. The molecule has 16 unspecified atom stereocenters. The van der Waals surface area contributed by atoms with Crippen LogP contribution >= 0.6 is 0 Å². The highest BCUT2D eigenvalue weighted by Crippen LogP contribution is 2.73. The molecule has 21 N–H and O–H groups in total. The number of hydrogen-bond acceptors (Lipinski definition) is 28. The smallest absolute Gasteiger partial charge is 0.314 e. The van der Waals surface area contributed by atoms with Gasteiger partial charge in [-0.3, -0.25) is 4.79 Å². The first-order valence-corrected chi connectivity index (χ1v) is 25.8. The van der Waals surface area contributed by atoms with Crippen LogP contribution in [0.1, 0.15) is 97.3 Å². The number of hydrogen-bond donors (Lipinski definition) is 21. The van der Waals surface area contributed by atoms with E-state index in [9.17, 15) is 112 Å². The van der Waals surface area contributed by atoms with Crippen molar-refractivity contribution in [3.63, 3.8) is 0 Å². The van der Waals surface area contributed by atoms with Gasteiger partial charge in [-0.1, -0.05) is 19.9 Å². The van der Waals surface area contributed by atoms with Crippen LogP contribution in [0, 0.1) is 28.1 Å². The van der Waals surface area contributed by atoms with Crippen molar-refractivity contribution in [1.82, 2.24) is 0 Å². The molecule has 1 heterocycles. The van der Waals surface area contributed by atoms with Crippen LogP contribution in [0.3, 0.4) is 0 Å². The summed E-state index contributed by atoms with van der Waals surface area (Å²) in [6.45, 7) is 4.18. The average molecular weight is 1130 g/mol. The van der Waals surface area contributed by atoms with E-state index < -0.39 is 219 Å². The summed E-state index contributed by atoms with van der Waals surface area (Å²) < 4.78 is 33.4. The maximum absolute atomic E-state index is 14.8. The predicted octanol–water partition coefficient (Wildman–Crippen LogP) is -2.63. The normalized spacial score (nSPS) is 35.4. The lowest BCUT2D eigenvalue weighted by Gasteiger charge is -2.64. The Bertz CT molecular complexity index is 2180. The van der Waals surface area contributed by atoms with Crippen LogP contribution in [0.5, 0.6) is 0 Å². The Labute approximate surface area is 448 Å². The number of fused-ring (bicyclic) bond motifs is 3. The summed E-state index contributed by atoms with van der Waals surface area (Å²) in [5.74, 6) is -12.0. The van der Waals surface area contributed by atoms with E-state index in [-0.39, 0.29) is 25.2 Å². The van der Waals surface area contributed by atoms with Gasteiger partial charge >= 0.3 is 5.97 Å². The second kappa shape index (κ2) is 26.6. The van der Waals surface area contributed by atoms with Crippen molar-refractivity contribution in [2.75, 3.05) is 33.0 Å². The summed E-state index contributed by atoms with van der Waals surface area (Å²) in [4.78, 5) is 14.8. The van der Waals surface area contributed by atoms with Crippen LogP contribution in [0.25, 0.3) is 0 Å². The first-order chi connectivity index (χ1) is 36.6. The Morgan fingerprint density at radius 2 is 1.10 bits per heavy atom. The van der Waals surface area contributed by atoms with E-state index >= 15 is 0 Å². The molecular formula is C50H80O28. The molecular weight excluding hydrogens is 1050 g/mol. The Morgan fingerprint density at radius 3 is 1.64 bits per heavy atom. The zero-order valence-electron chi connectivity index (χ0n) is 43.3. The summed E-state index contributed by atoms with van der Waals surface area (Å²) in [6.07, 6.45) is -26.7. The number of esters is 1. The standard InChI is InChI=1S/C50H80O28/c1-22-19-49-13-5-28-47(2,29(49)6-14-50(22,21-49)78-43(70)37(67)38(25(58)9-17-53)76-45-36(66)33(63)32(62)27(20-55)73-45)11-4-12-48(28,3)46(72)77-44(71)40(75-42(69)35(65)31(61)24(57)8-16-52)39(26(59)10-18-54)74-41(68)34(64)30(60)23(56)7-15-51/h23-29,32-33,36,41-45,51-71H,1,4-21H2,2-3H3/b34-30-,35-31+,38-37-,40-39+/t23?,24?,25?,26?,27?,28?,29-,32?,33?,36?,41?,42?,43?,44?,45?,47+,48+,49?,50?/m0/s1. The molecule has 1 spiro atoms. The Kier molecular flexibility index (Phi) is 22.1. The third kappa shape index (κ3) is 13.1. The SMILES string of the molecule is C=C1CC23CCC4[C@](C)(C(=O)OC(O)/C(OC(O)/C(O)=C(\O)C(O)CCO)=C(\OC(O)/C(O)=C(/O)C(O)CCO)C(O)CCO)CCC[C@@]4(C)[C@@H]2CCC1(OC(O)/C(O)=C(/OC1OC(CO)C(O)C(O)C1O)C(O)CCO)C3. The molecule has 19 atom stereocenters. The molecule has 0 amide bonds. The van der Waals surface area contributed by atoms with Gasteiger partial charge in [0.05, 0.1) is 17.6 Å². The van der Waals surface area contributed by atoms with Gasteiger partial charge in [0.15, 0.2) is 28.8 Å². The van der Waals surface area contributed by atoms with Gasteiger partial charge in [0.2, 0.25) is 29.9 Å². The Balaban J connectivity index is 1.45. The zero-order chi connectivity index (χ0) is 58.4. The molecule has 1 saturated heterocycles. The molecule has 5 rings (SSSR count). The molecule has 0 radical (unpaired) electrons. The summed E-state index contributed by atoms with van der Waals surface area (Å²) in [5, 5.41) is 219. The molecule has 5 fully saturated rings. The molecule has 1 aliphatic heterocycles. The molecule has 2 bridgehead atoms. The molecule has 28 heteroatoms. The van der Waals surface area contributed by atoms with Gasteiger partial charge in [0.1, 0.15) is 48.8 Å². The second-order valence-corrected chi connectivity index (χ2v) is 21.4. The van der Waals surface area contributed by atoms with E-state index in [0.717, 1.165) is 0 Å².